The Bertz CT molecular complexity index is 479. The molecule has 1 aromatic heterocycles. The molecule has 0 saturated carbocycles. The van der Waals surface area contributed by atoms with Crippen molar-refractivity contribution in [1.29, 1.82) is 0 Å². The van der Waals surface area contributed by atoms with E-state index in [4.69, 9.17) is 9.47 Å². The predicted molar refractivity (Wildman–Crippen MR) is 74.8 cm³/mol. The van der Waals surface area contributed by atoms with Crippen molar-refractivity contribution in [3.63, 3.8) is 0 Å². The zero-order valence-electron chi connectivity index (χ0n) is 12.2. The molecule has 6 nitrogen and oxygen atoms in total. The molecule has 0 aliphatic carbocycles. The maximum Gasteiger partial charge on any atom is 0.239 e. The van der Waals surface area contributed by atoms with E-state index in [9.17, 15) is 4.79 Å². The van der Waals surface area contributed by atoms with E-state index in [1.165, 1.54) is 0 Å². The highest BCUT2D eigenvalue weighted by molar-refractivity contribution is 5.81. The van der Waals surface area contributed by atoms with Crippen LogP contribution in [0.3, 0.4) is 0 Å². The number of nitrogens with zero attached hydrogens (tertiary/aromatic N) is 2. The van der Waals surface area contributed by atoms with Crippen LogP contribution in [-0.2, 0) is 11.3 Å². The number of methoxy groups -OCH3 is 2. The van der Waals surface area contributed by atoms with Crippen LogP contribution in [0.4, 0.5) is 0 Å². The zero-order valence-corrected chi connectivity index (χ0v) is 12.2. The van der Waals surface area contributed by atoms with E-state index in [1.807, 2.05) is 11.8 Å². The van der Waals surface area contributed by atoms with E-state index < -0.39 is 0 Å². The summed E-state index contributed by atoms with van der Waals surface area (Å²) in [6.07, 6.45) is 2.60. The van der Waals surface area contributed by atoms with Crippen molar-refractivity contribution in [3.05, 3.63) is 18.0 Å². The first kappa shape index (κ1) is 14.6. The lowest BCUT2D eigenvalue weighted by molar-refractivity contribution is -0.132. The monoisotopic (exact) mass is 279 g/mol. The molecule has 1 atom stereocenters. The first-order valence-electron chi connectivity index (χ1n) is 6.75. The lowest BCUT2D eigenvalue weighted by atomic mass is 10.2. The summed E-state index contributed by atoms with van der Waals surface area (Å²) in [4.78, 5) is 18.4. The van der Waals surface area contributed by atoms with Crippen LogP contribution in [0.2, 0.25) is 0 Å². The second-order valence-corrected chi connectivity index (χ2v) is 4.78. The number of aromatic nitrogens is 1. The van der Waals surface area contributed by atoms with Gasteiger partial charge in [0.05, 0.1) is 26.8 Å². The molecule has 1 aromatic rings. The van der Waals surface area contributed by atoms with Crippen LogP contribution in [0, 0.1) is 0 Å². The summed E-state index contributed by atoms with van der Waals surface area (Å²) < 4.78 is 10.6. The van der Waals surface area contributed by atoms with Gasteiger partial charge in [0.25, 0.3) is 0 Å². The van der Waals surface area contributed by atoms with Crippen molar-refractivity contribution in [2.45, 2.75) is 25.9 Å². The maximum atomic E-state index is 12.3. The van der Waals surface area contributed by atoms with Gasteiger partial charge in [-0.25, -0.2) is 0 Å². The maximum absolute atomic E-state index is 12.3. The third kappa shape index (κ3) is 3.01. The summed E-state index contributed by atoms with van der Waals surface area (Å²) in [6.45, 7) is 3.90. The van der Waals surface area contributed by atoms with Crippen LogP contribution in [0.25, 0.3) is 0 Å². The number of carbonyl (C=O) groups is 1. The third-order valence-electron chi connectivity index (χ3n) is 3.44. The van der Waals surface area contributed by atoms with Gasteiger partial charge in [0.15, 0.2) is 11.5 Å². The number of carbonyl (C=O) groups excluding carboxylic acids is 1. The molecule has 1 unspecified atom stereocenters. The molecule has 1 aliphatic heterocycles. The zero-order chi connectivity index (χ0) is 14.5. The molecule has 1 fully saturated rings. The summed E-state index contributed by atoms with van der Waals surface area (Å²) >= 11 is 0. The van der Waals surface area contributed by atoms with Crippen LogP contribution in [0.1, 0.15) is 19.0 Å². The Hall–Kier alpha value is -1.82. The van der Waals surface area contributed by atoms with E-state index in [0.717, 1.165) is 19.5 Å². The topological polar surface area (TPSA) is 63.7 Å². The number of nitrogens with one attached hydrogen (secondary N) is 1. The molecule has 2 heterocycles. The van der Waals surface area contributed by atoms with Crippen LogP contribution >= 0.6 is 0 Å². The highest BCUT2D eigenvalue weighted by atomic mass is 16.5. The Morgan fingerprint density at radius 1 is 1.45 bits per heavy atom. The normalized spacial score (nSPS) is 19.6. The Morgan fingerprint density at radius 2 is 2.25 bits per heavy atom. The highest BCUT2D eigenvalue weighted by Crippen LogP contribution is 2.30. The van der Waals surface area contributed by atoms with Gasteiger partial charge in [0.1, 0.15) is 5.69 Å². The number of hydrogen-bond acceptors (Lipinski definition) is 5. The second kappa shape index (κ2) is 6.56. The van der Waals surface area contributed by atoms with Gasteiger partial charge in [-0.2, -0.15) is 0 Å². The smallest absolute Gasteiger partial charge is 0.239 e. The third-order valence-corrected chi connectivity index (χ3v) is 3.44. The van der Waals surface area contributed by atoms with Gasteiger partial charge in [-0.1, -0.05) is 0 Å². The van der Waals surface area contributed by atoms with E-state index in [2.05, 4.69) is 10.3 Å². The Labute approximate surface area is 119 Å². The molecule has 1 N–H and O–H groups in total. The molecule has 1 amide bonds. The van der Waals surface area contributed by atoms with Crippen LogP contribution < -0.4 is 14.8 Å². The number of rotatable bonds is 4. The first-order valence-corrected chi connectivity index (χ1v) is 6.75. The van der Waals surface area contributed by atoms with Crippen molar-refractivity contribution >= 4 is 5.91 Å². The van der Waals surface area contributed by atoms with Crippen LogP contribution in [0.5, 0.6) is 11.5 Å². The Kier molecular flexibility index (Phi) is 4.79. The number of pyridine rings is 1. The molecule has 0 bridgehead atoms. The molecular weight excluding hydrogens is 258 g/mol. The van der Waals surface area contributed by atoms with Crippen LogP contribution in [-0.4, -0.2) is 49.1 Å². The molecule has 1 aliphatic rings. The molecule has 110 valence electrons. The van der Waals surface area contributed by atoms with Crippen molar-refractivity contribution in [2.24, 2.45) is 0 Å². The van der Waals surface area contributed by atoms with Crippen molar-refractivity contribution < 1.29 is 14.3 Å². The minimum atomic E-state index is -0.158. The molecule has 2 rings (SSSR count). The van der Waals surface area contributed by atoms with Crippen molar-refractivity contribution in [2.75, 3.05) is 27.3 Å². The standard InChI is InChI=1S/C14H21N3O3/c1-10-14(18)17(8-4-6-15-10)9-11-13(20-3)12(19-2)5-7-16-11/h5,7,10,15H,4,6,8-9H2,1-3H3. The SMILES string of the molecule is COc1ccnc(CN2CCCNC(C)C2=O)c1OC. The second-order valence-electron chi connectivity index (χ2n) is 4.78. The number of amides is 1. The van der Waals surface area contributed by atoms with Gasteiger partial charge in [-0.15, -0.1) is 0 Å². The van der Waals surface area contributed by atoms with Gasteiger partial charge >= 0.3 is 0 Å². The Balaban J connectivity index is 2.22. The van der Waals surface area contributed by atoms with E-state index in [0.29, 0.717) is 23.7 Å². The lowest BCUT2D eigenvalue weighted by Gasteiger charge is -2.23. The summed E-state index contributed by atoms with van der Waals surface area (Å²) in [5.41, 5.74) is 0.717. The first-order chi connectivity index (χ1) is 9.67. The molecule has 1 saturated heterocycles. The minimum absolute atomic E-state index is 0.0918. The summed E-state index contributed by atoms with van der Waals surface area (Å²) in [5, 5.41) is 3.19. The average Bonchev–Trinajstić information content (AvgIpc) is 2.62. The van der Waals surface area contributed by atoms with E-state index in [-0.39, 0.29) is 11.9 Å². The molecule has 0 radical (unpaired) electrons. The van der Waals surface area contributed by atoms with Gasteiger partial charge in [-0.3, -0.25) is 9.78 Å². The summed E-state index contributed by atoms with van der Waals surface area (Å²) in [6, 6.07) is 1.59. The number of ether oxygens (including phenoxy) is 2. The number of hydrogen-bond donors (Lipinski definition) is 1. The van der Waals surface area contributed by atoms with Crippen LogP contribution in [0.15, 0.2) is 12.3 Å². The fraction of sp³-hybridized carbons (Fsp3) is 0.571. The van der Waals surface area contributed by atoms with E-state index >= 15 is 0 Å². The van der Waals surface area contributed by atoms with Gasteiger partial charge in [-0.05, 0) is 19.9 Å². The molecule has 0 aromatic carbocycles. The van der Waals surface area contributed by atoms with Crippen molar-refractivity contribution in [1.82, 2.24) is 15.2 Å². The largest absolute Gasteiger partial charge is 0.493 e. The van der Waals surface area contributed by atoms with Gasteiger partial charge in [0, 0.05) is 18.8 Å². The summed E-state index contributed by atoms with van der Waals surface area (Å²) in [7, 11) is 3.17. The van der Waals surface area contributed by atoms with Gasteiger partial charge < -0.3 is 19.7 Å². The fourth-order valence-electron chi connectivity index (χ4n) is 2.36. The van der Waals surface area contributed by atoms with Crippen molar-refractivity contribution in [3.8, 4) is 11.5 Å². The molecule has 0 spiro atoms. The lowest BCUT2D eigenvalue weighted by Crippen LogP contribution is -2.41. The summed E-state index contributed by atoms with van der Waals surface area (Å²) in [5.74, 6) is 1.31. The highest BCUT2D eigenvalue weighted by Gasteiger charge is 2.25. The average molecular weight is 279 g/mol. The molecule has 6 heteroatoms. The molecular formula is C14H21N3O3. The van der Waals surface area contributed by atoms with Gasteiger partial charge in [0.2, 0.25) is 5.91 Å². The fourth-order valence-corrected chi connectivity index (χ4v) is 2.36. The minimum Gasteiger partial charge on any atom is -0.493 e. The quantitative estimate of drug-likeness (QED) is 0.883. The predicted octanol–water partition coefficient (Wildman–Crippen LogP) is 0.809. The Morgan fingerprint density at radius 3 is 2.95 bits per heavy atom. The van der Waals surface area contributed by atoms with E-state index in [1.54, 1.807) is 26.5 Å². The molecule has 20 heavy (non-hydrogen) atoms.